The highest BCUT2D eigenvalue weighted by atomic mass is 16.1. The molecule has 1 aliphatic rings. The van der Waals surface area contributed by atoms with Gasteiger partial charge in [-0.1, -0.05) is 0 Å². The van der Waals surface area contributed by atoms with Crippen LogP contribution in [0.25, 0.3) is 0 Å². The van der Waals surface area contributed by atoms with Crippen LogP contribution in [0.1, 0.15) is 40.5 Å². The van der Waals surface area contributed by atoms with Crippen molar-refractivity contribution in [2.45, 2.75) is 32.4 Å². The highest BCUT2D eigenvalue weighted by molar-refractivity contribution is 5.93. The molecule has 1 amide bonds. The molecular weight excluding hydrogens is 252 g/mol. The Bertz CT molecular complexity index is 643. The fourth-order valence-corrected chi connectivity index (χ4v) is 2.35. The number of amides is 1. The molecule has 5 nitrogen and oxygen atoms in total. The molecule has 104 valence electrons. The van der Waals surface area contributed by atoms with Crippen molar-refractivity contribution >= 4 is 11.6 Å². The number of imidazole rings is 1. The lowest BCUT2D eigenvalue weighted by molar-refractivity contribution is 0.1000. The zero-order valence-electron chi connectivity index (χ0n) is 11.5. The first kappa shape index (κ1) is 12.7. The zero-order valence-corrected chi connectivity index (χ0v) is 11.5. The van der Waals surface area contributed by atoms with Crippen LogP contribution in [0.5, 0.6) is 0 Å². The van der Waals surface area contributed by atoms with E-state index in [-0.39, 0.29) is 0 Å². The summed E-state index contributed by atoms with van der Waals surface area (Å²) in [6.07, 6.45) is 6.29. The molecule has 1 aliphatic carbocycles. The van der Waals surface area contributed by atoms with Crippen molar-refractivity contribution in [3.63, 3.8) is 0 Å². The van der Waals surface area contributed by atoms with Gasteiger partial charge in [0, 0.05) is 23.5 Å². The van der Waals surface area contributed by atoms with Gasteiger partial charge >= 0.3 is 0 Å². The Morgan fingerprint density at radius 2 is 2.30 bits per heavy atom. The standard InChI is InChI=1S/C15H18N4O/c1-10-6-11(15(16)20)2-5-14(10)18-8-13-7-17-9-19(13)12-3-4-12/h2,5-7,9,12,18H,3-4,8H2,1H3,(H2,16,20). The van der Waals surface area contributed by atoms with Crippen molar-refractivity contribution in [2.75, 3.05) is 5.32 Å². The maximum Gasteiger partial charge on any atom is 0.248 e. The molecule has 0 spiro atoms. The van der Waals surface area contributed by atoms with E-state index >= 15 is 0 Å². The fourth-order valence-electron chi connectivity index (χ4n) is 2.35. The molecule has 1 fully saturated rings. The van der Waals surface area contributed by atoms with Crippen LogP contribution in [-0.4, -0.2) is 15.5 Å². The van der Waals surface area contributed by atoms with Gasteiger partial charge in [-0.05, 0) is 43.5 Å². The van der Waals surface area contributed by atoms with Crippen molar-refractivity contribution < 1.29 is 4.79 Å². The van der Waals surface area contributed by atoms with Crippen LogP contribution in [0, 0.1) is 6.92 Å². The quantitative estimate of drug-likeness (QED) is 0.875. The van der Waals surface area contributed by atoms with Crippen LogP contribution in [0.3, 0.4) is 0 Å². The first-order chi connectivity index (χ1) is 9.65. The molecule has 0 unspecified atom stereocenters. The minimum absolute atomic E-state index is 0.397. The number of primary amides is 1. The van der Waals surface area contributed by atoms with Crippen molar-refractivity contribution in [1.82, 2.24) is 9.55 Å². The molecule has 3 N–H and O–H groups in total. The summed E-state index contributed by atoms with van der Waals surface area (Å²) in [6, 6.07) is 6.08. The van der Waals surface area contributed by atoms with E-state index in [0.717, 1.165) is 17.8 Å². The fraction of sp³-hybridized carbons (Fsp3) is 0.333. The summed E-state index contributed by atoms with van der Waals surface area (Å²) in [5.41, 5.74) is 9.02. The number of nitrogens with zero attached hydrogens (tertiary/aromatic N) is 2. The molecular formula is C15H18N4O. The minimum atomic E-state index is -0.397. The normalized spacial score (nSPS) is 14.2. The van der Waals surface area contributed by atoms with E-state index in [1.807, 2.05) is 31.6 Å². The molecule has 2 aromatic rings. The number of anilines is 1. The predicted octanol–water partition coefficient (Wildman–Crippen LogP) is 2.24. The Labute approximate surface area is 117 Å². The van der Waals surface area contributed by atoms with Crippen molar-refractivity contribution in [3.05, 3.63) is 47.5 Å². The Hall–Kier alpha value is -2.30. The number of benzene rings is 1. The maximum absolute atomic E-state index is 11.1. The molecule has 0 bridgehead atoms. The van der Waals surface area contributed by atoms with Crippen LogP contribution in [0.15, 0.2) is 30.7 Å². The van der Waals surface area contributed by atoms with Crippen LogP contribution in [0.2, 0.25) is 0 Å². The summed E-state index contributed by atoms with van der Waals surface area (Å²) in [5, 5.41) is 3.39. The van der Waals surface area contributed by atoms with Gasteiger partial charge < -0.3 is 15.6 Å². The van der Waals surface area contributed by atoms with Gasteiger partial charge in [0.25, 0.3) is 0 Å². The number of nitrogens with two attached hydrogens (primary N) is 1. The van der Waals surface area contributed by atoms with Crippen molar-refractivity contribution in [1.29, 1.82) is 0 Å². The largest absolute Gasteiger partial charge is 0.379 e. The third-order valence-electron chi connectivity index (χ3n) is 3.66. The number of hydrogen-bond donors (Lipinski definition) is 2. The van der Waals surface area contributed by atoms with Crippen molar-refractivity contribution in [3.8, 4) is 0 Å². The van der Waals surface area contributed by atoms with Gasteiger partial charge in [-0.15, -0.1) is 0 Å². The lowest BCUT2D eigenvalue weighted by Crippen LogP contribution is -2.12. The summed E-state index contributed by atoms with van der Waals surface area (Å²) in [6.45, 7) is 2.69. The molecule has 3 rings (SSSR count). The molecule has 1 aromatic carbocycles. The van der Waals surface area contributed by atoms with E-state index in [1.165, 1.54) is 18.5 Å². The molecule has 0 aliphatic heterocycles. The predicted molar refractivity (Wildman–Crippen MR) is 77.5 cm³/mol. The zero-order chi connectivity index (χ0) is 14.1. The smallest absolute Gasteiger partial charge is 0.248 e. The second-order valence-corrected chi connectivity index (χ2v) is 5.27. The first-order valence-corrected chi connectivity index (χ1v) is 6.80. The van der Waals surface area contributed by atoms with E-state index in [2.05, 4.69) is 14.9 Å². The lowest BCUT2D eigenvalue weighted by Gasteiger charge is -2.12. The second-order valence-electron chi connectivity index (χ2n) is 5.27. The van der Waals surface area contributed by atoms with E-state index in [0.29, 0.717) is 11.6 Å². The number of aromatic nitrogens is 2. The highest BCUT2D eigenvalue weighted by Gasteiger charge is 2.24. The molecule has 20 heavy (non-hydrogen) atoms. The van der Waals surface area contributed by atoms with Crippen LogP contribution >= 0.6 is 0 Å². The number of aryl methyl sites for hydroxylation is 1. The third-order valence-corrected chi connectivity index (χ3v) is 3.66. The molecule has 5 heteroatoms. The summed E-state index contributed by atoms with van der Waals surface area (Å²) in [5.74, 6) is -0.397. The summed E-state index contributed by atoms with van der Waals surface area (Å²) in [7, 11) is 0. The molecule has 0 saturated heterocycles. The first-order valence-electron chi connectivity index (χ1n) is 6.80. The number of carbonyl (C=O) groups is 1. The average Bonchev–Trinajstić information content (AvgIpc) is 3.16. The topological polar surface area (TPSA) is 72.9 Å². The monoisotopic (exact) mass is 270 g/mol. The Balaban J connectivity index is 1.71. The summed E-state index contributed by atoms with van der Waals surface area (Å²) in [4.78, 5) is 15.3. The van der Waals surface area contributed by atoms with Gasteiger partial charge in [-0.2, -0.15) is 0 Å². The number of nitrogens with one attached hydrogen (secondary N) is 1. The maximum atomic E-state index is 11.1. The van der Waals surface area contributed by atoms with Gasteiger partial charge in [0.15, 0.2) is 0 Å². The van der Waals surface area contributed by atoms with E-state index in [1.54, 1.807) is 6.07 Å². The van der Waals surface area contributed by atoms with Gasteiger partial charge in [0.05, 0.1) is 18.6 Å². The number of carbonyl (C=O) groups excluding carboxylic acids is 1. The minimum Gasteiger partial charge on any atom is -0.379 e. The molecule has 1 aromatic heterocycles. The lowest BCUT2D eigenvalue weighted by atomic mass is 10.1. The van der Waals surface area contributed by atoms with E-state index < -0.39 is 5.91 Å². The number of hydrogen-bond acceptors (Lipinski definition) is 3. The van der Waals surface area contributed by atoms with Gasteiger partial charge in [0.1, 0.15) is 0 Å². The molecule has 0 atom stereocenters. The molecule has 1 saturated carbocycles. The van der Waals surface area contributed by atoms with Gasteiger partial charge in [0.2, 0.25) is 5.91 Å². The SMILES string of the molecule is Cc1cc(C(N)=O)ccc1NCc1cncn1C1CC1. The van der Waals surface area contributed by atoms with Crippen molar-refractivity contribution in [2.24, 2.45) is 5.73 Å². The Kier molecular flexibility index (Phi) is 3.18. The number of rotatable bonds is 5. The second kappa shape index (κ2) is 5.00. The van der Waals surface area contributed by atoms with Crippen LogP contribution in [-0.2, 0) is 6.54 Å². The highest BCUT2D eigenvalue weighted by Crippen LogP contribution is 2.35. The summed E-state index contributed by atoms with van der Waals surface area (Å²) < 4.78 is 2.24. The van der Waals surface area contributed by atoms with Crippen LogP contribution in [0.4, 0.5) is 5.69 Å². The average molecular weight is 270 g/mol. The third kappa shape index (κ3) is 2.52. The Morgan fingerprint density at radius 1 is 1.50 bits per heavy atom. The van der Waals surface area contributed by atoms with E-state index in [4.69, 9.17) is 5.73 Å². The molecule has 0 radical (unpaired) electrons. The van der Waals surface area contributed by atoms with E-state index in [9.17, 15) is 4.79 Å². The van der Waals surface area contributed by atoms with Gasteiger partial charge in [-0.3, -0.25) is 4.79 Å². The van der Waals surface area contributed by atoms with Crippen LogP contribution < -0.4 is 11.1 Å². The van der Waals surface area contributed by atoms with Gasteiger partial charge in [-0.25, -0.2) is 4.98 Å². The Morgan fingerprint density at radius 3 is 2.95 bits per heavy atom. The molecule has 1 heterocycles. The summed E-state index contributed by atoms with van der Waals surface area (Å²) >= 11 is 0.